The molecule has 3 heterocycles. The fraction of sp³-hybridized carbons (Fsp3) is 0.194. The van der Waals surface area contributed by atoms with Gasteiger partial charge in [0.25, 0.3) is 5.91 Å². The Kier molecular flexibility index (Phi) is 8.01. The van der Waals surface area contributed by atoms with E-state index in [4.69, 9.17) is 9.72 Å². The fourth-order valence-corrected chi connectivity index (χ4v) is 8.57. The third-order valence-electron chi connectivity index (χ3n) is 7.30. The van der Waals surface area contributed by atoms with Crippen LogP contribution in [0.15, 0.2) is 83.8 Å². The molecule has 5 aromatic rings. The van der Waals surface area contributed by atoms with E-state index >= 15 is 0 Å². The number of carbonyl (C=O) groups excluding carboxylic acids is 2. The first-order valence-electron chi connectivity index (χ1n) is 13.5. The van der Waals surface area contributed by atoms with E-state index < -0.39 is 16.1 Å². The predicted molar refractivity (Wildman–Crippen MR) is 169 cm³/mol. The van der Waals surface area contributed by atoms with E-state index in [-0.39, 0.29) is 17.3 Å². The quantitative estimate of drug-likeness (QED) is 0.228. The summed E-state index contributed by atoms with van der Waals surface area (Å²) in [6.45, 7) is 1.11. The minimum atomic E-state index is -3.76. The van der Waals surface area contributed by atoms with E-state index in [1.54, 1.807) is 16.2 Å². The van der Waals surface area contributed by atoms with E-state index in [1.807, 2.05) is 54.6 Å². The molecular formula is C31H28N4O5S3. The lowest BCUT2D eigenvalue weighted by Gasteiger charge is -2.25. The molecule has 2 aromatic heterocycles. The molecule has 1 N–H and O–H groups in total. The summed E-state index contributed by atoms with van der Waals surface area (Å²) in [7, 11) is -0.859. The first kappa shape index (κ1) is 29.0. The van der Waals surface area contributed by atoms with Crippen LogP contribution < -0.4 is 5.32 Å². The number of rotatable bonds is 7. The van der Waals surface area contributed by atoms with E-state index in [0.29, 0.717) is 30.1 Å². The number of benzene rings is 3. The number of thiophene rings is 1. The van der Waals surface area contributed by atoms with Gasteiger partial charge in [0, 0.05) is 36.1 Å². The molecule has 3 aromatic carbocycles. The van der Waals surface area contributed by atoms with Crippen LogP contribution in [-0.2, 0) is 34.3 Å². The van der Waals surface area contributed by atoms with Gasteiger partial charge in [0.05, 0.1) is 28.8 Å². The summed E-state index contributed by atoms with van der Waals surface area (Å²) in [5.41, 5.74) is 3.99. The molecule has 1 aliphatic heterocycles. The smallest absolute Gasteiger partial charge is 0.409 e. The Labute approximate surface area is 257 Å². The van der Waals surface area contributed by atoms with Crippen LogP contribution in [0.1, 0.15) is 26.4 Å². The lowest BCUT2D eigenvalue weighted by atomic mass is 10.0. The van der Waals surface area contributed by atoms with Gasteiger partial charge in [-0.1, -0.05) is 42.5 Å². The standard InChI is InChI=1S/C31H28N4O5S3/c1-34(18-20-8-4-3-5-9-20)43(38,39)22-14-12-21(13-15-22)28(36)33-30-27(29-32-24-10-6-7-11-25(24)41-29)23-16-17-35(31(37)40-2)19-26(23)42-30/h3-15H,16-19H2,1-2H3,(H,33,36). The molecular weight excluding hydrogens is 605 g/mol. The van der Waals surface area contributed by atoms with Crippen molar-refractivity contribution in [3.05, 3.63) is 100 Å². The molecule has 0 unspecified atom stereocenters. The highest BCUT2D eigenvalue weighted by Crippen LogP contribution is 2.46. The largest absolute Gasteiger partial charge is 0.453 e. The number of sulfonamides is 1. The Morgan fingerprint density at radius 1 is 1.00 bits per heavy atom. The van der Waals surface area contributed by atoms with Crippen molar-refractivity contribution >= 4 is 59.9 Å². The number of fused-ring (bicyclic) bond motifs is 2. The number of nitrogens with zero attached hydrogens (tertiary/aromatic N) is 3. The zero-order valence-corrected chi connectivity index (χ0v) is 25.9. The van der Waals surface area contributed by atoms with Gasteiger partial charge >= 0.3 is 6.09 Å². The summed E-state index contributed by atoms with van der Waals surface area (Å²) in [5.74, 6) is -0.368. The number of para-hydroxylation sites is 1. The van der Waals surface area contributed by atoms with Crippen molar-refractivity contribution in [1.82, 2.24) is 14.2 Å². The fourth-order valence-electron chi connectivity index (χ4n) is 5.04. The summed E-state index contributed by atoms with van der Waals surface area (Å²) in [5, 5.41) is 4.48. The highest BCUT2D eigenvalue weighted by molar-refractivity contribution is 7.89. The highest BCUT2D eigenvalue weighted by atomic mass is 32.2. The lowest BCUT2D eigenvalue weighted by molar-refractivity contribution is 0.102. The Hall–Kier alpha value is -4.10. The van der Waals surface area contributed by atoms with Gasteiger partial charge in [-0.2, -0.15) is 4.31 Å². The Morgan fingerprint density at radius 2 is 1.72 bits per heavy atom. The second-order valence-electron chi connectivity index (χ2n) is 10.1. The minimum Gasteiger partial charge on any atom is -0.453 e. The number of anilines is 1. The van der Waals surface area contributed by atoms with Crippen molar-refractivity contribution < 1.29 is 22.7 Å². The van der Waals surface area contributed by atoms with Crippen LogP contribution in [0.5, 0.6) is 0 Å². The molecule has 220 valence electrons. The van der Waals surface area contributed by atoms with Crippen LogP contribution in [0.4, 0.5) is 9.80 Å². The molecule has 0 radical (unpaired) electrons. The van der Waals surface area contributed by atoms with Gasteiger partial charge in [-0.3, -0.25) is 4.79 Å². The Balaban J connectivity index is 1.27. The van der Waals surface area contributed by atoms with E-state index in [9.17, 15) is 18.0 Å². The number of aromatic nitrogens is 1. The van der Waals surface area contributed by atoms with Gasteiger partial charge in [0.15, 0.2) is 0 Å². The van der Waals surface area contributed by atoms with Crippen molar-refractivity contribution in [2.24, 2.45) is 0 Å². The highest BCUT2D eigenvalue weighted by Gasteiger charge is 2.30. The predicted octanol–water partition coefficient (Wildman–Crippen LogP) is 6.22. The molecule has 2 amide bonds. The number of hydrogen-bond donors (Lipinski definition) is 1. The normalized spacial score (nSPS) is 13.2. The number of nitrogens with one attached hydrogen (secondary N) is 1. The molecule has 12 heteroatoms. The van der Waals surface area contributed by atoms with Crippen molar-refractivity contribution in [2.45, 2.75) is 24.4 Å². The van der Waals surface area contributed by atoms with Gasteiger partial charge in [0.1, 0.15) is 10.0 Å². The van der Waals surface area contributed by atoms with Crippen molar-refractivity contribution in [3.8, 4) is 10.6 Å². The number of ether oxygens (including phenoxy) is 1. The van der Waals surface area contributed by atoms with Crippen LogP contribution in [-0.4, -0.2) is 55.3 Å². The van der Waals surface area contributed by atoms with Crippen LogP contribution in [0.3, 0.4) is 0 Å². The van der Waals surface area contributed by atoms with Crippen LogP contribution >= 0.6 is 22.7 Å². The second-order valence-corrected chi connectivity index (χ2v) is 14.2. The first-order chi connectivity index (χ1) is 20.7. The summed E-state index contributed by atoms with van der Waals surface area (Å²) in [4.78, 5) is 33.3. The summed E-state index contributed by atoms with van der Waals surface area (Å²) in [6.07, 6.45) is 0.209. The van der Waals surface area contributed by atoms with E-state index in [0.717, 1.165) is 36.8 Å². The molecule has 0 spiro atoms. The van der Waals surface area contributed by atoms with Crippen molar-refractivity contribution in [2.75, 3.05) is 26.0 Å². The Bertz CT molecular complexity index is 1890. The monoisotopic (exact) mass is 632 g/mol. The molecule has 43 heavy (non-hydrogen) atoms. The number of thiazole rings is 1. The maximum atomic E-state index is 13.5. The molecule has 0 saturated heterocycles. The topological polar surface area (TPSA) is 109 Å². The second kappa shape index (κ2) is 11.9. The van der Waals surface area contributed by atoms with Gasteiger partial charge in [-0.05, 0) is 53.9 Å². The number of methoxy groups -OCH3 is 1. The van der Waals surface area contributed by atoms with Crippen LogP contribution in [0, 0.1) is 0 Å². The summed E-state index contributed by atoms with van der Waals surface area (Å²) < 4.78 is 33.6. The van der Waals surface area contributed by atoms with Crippen molar-refractivity contribution in [3.63, 3.8) is 0 Å². The lowest BCUT2D eigenvalue weighted by Crippen LogP contribution is -2.35. The zero-order chi connectivity index (χ0) is 30.1. The zero-order valence-electron chi connectivity index (χ0n) is 23.4. The minimum absolute atomic E-state index is 0.104. The Morgan fingerprint density at radius 3 is 2.44 bits per heavy atom. The molecule has 0 atom stereocenters. The first-order valence-corrected chi connectivity index (χ1v) is 16.6. The van der Waals surface area contributed by atoms with Gasteiger partial charge in [-0.25, -0.2) is 18.2 Å². The maximum Gasteiger partial charge on any atom is 0.409 e. The molecule has 6 rings (SSSR count). The summed E-state index contributed by atoms with van der Waals surface area (Å²) in [6, 6.07) is 23.2. The molecule has 1 aliphatic rings. The molecule has 0 aliphatic carbocycles. The van der Waals surface area contributed by atoms with Crippen molar-refractivity contribution in [1.29, 1.82) is 0 Å². The molecule has 9 nitrogen and oxygen atoms in total. The average molecular weight is 633 g/mol. The van der Waals surface area contributed by atoms with E-state index in [2.05, 4.69) is 5.32 Å². The van der Waals surface area contributed by atoms with Gasteiger partial charge < -0.3 is 15.0 Å². The van der Waals surface area contributed by atoms with E-state index in [1.165, 1.54) is 54.1 Å². The van der Waals surface area contributed by atoms with Gasteiger partial charge in [0.2, 0.25) is 10.0 Å². The number of amides is 2. The SMILES string of the molecule is COC(=O)N1CCc2c(sc(NC(=O)c3ccc(S(=O)(=O)N(C)Cc4ccccc4)cc3)c2-c2nc3ccccc3s2)C1. The third-order valence-corrected chi connectivity index (χ3v) is 11.3. The third kappa shape index (κ3) is 5.78. The number of hydrogen-bond acceptors (Lipinski definition) is 8. The molecule has 0 bridgehead atoms. The van der Waals surface area contributed by atoms with Crippen LogP contribution in [0.25, 0.3) is 20.8 Å². The molecule has 0 fully saturated rings. The van der Waals surface area contributed by atoms with Gasteiger partial charge in [-0.15, -0.1) is 22.7 Å². The average Bonchev–Trinajstić information content (AvgIpc) is 3.61. The maximum absolute atomic E-state index is 13.5. The molecule has 0 saturated carbocycles. The van der Waals surface area contributed by atoms with Crippen LogP contribution in [0.2, 0.25) is 0 Å². The summed E-state index contributed by atoms with van der Waals surface area (Å²) >= 11 is 2.97. The number of carbonyl (C=O) groups is 2.